The van der Waals surface area contributed by atoms with E-state index in [1.54, 1.807) is 11.3 Å². The SMILES string of the molecule is CCn1c(C)cc(C(=O)N2CCC[C@H](c3nccn3Cc3cscn3)C2)c1C. The van der Waals surface area contributed by atoms with Gasteiger partial charge in [-0.3, -0.25) is 4.79 Å². The Kier molecular flexibility index (Phi) is 5.35. The van der Waals surface area contributed by atoms with Gasteiger partial charge in [-0.15, -0.1) is 11.3 Å². The average molecular weight is 398 g/mol. The third kappa shape index (κ3) is 3.51. The van der Waals surface area contributed by atoms with Crippen LogP contribution in [0.4, 0.5) is 0 Å². The quantitative estimate of drug-likeness (QED) is 0.657. The Morgan fingerprint density at radius 2 is 2.18 bits per heavy atom. The lowest BCUT2D eigenvalue weighted by Gasteiger charge is -2.32. The van der Waals surface area contributed by atoms with Crippen molar-refractivity contribution in [3.63, 3.8) is 0 Å². The van der Waals surface area contributed by atoms with E-state index in [9.17, 15) is 4.79 Å². The second-order valence-corrected chi connectivity index (χ2v) is 8.23. The first-order chi connectivity index (χ1) is 13.6. The number of imidazole rings is 1. The summed E-state index contributed by atoms with van der Waals surface area (Å²) in [6.45, 7) is 9.41. The molecule has 0 radical (unpaired) electrons. The van der Waals surface area contributed by atoms with E-state index in [1.165, 1.54) is 0 Å². The molecule has 1 atom stereocenters. The van der Waals surface area contributed by atoms with Gasteiger partial charge in [-0.2, -0.15) is 0 Å². The molecule has 6 nitrogen and oxygen atoms in total. The second-order valence-electron chi connectivity index (χ2n) is 7.51. The first kappa shape index (κ1) is 18.9. The highest BCUT2D eigenvalue weighted by atomic mass is 32.1. The summed E-state index contributed by atoms with van der Waals surface area (Å²) in [5, 5.41) is 2.07. The zero-order chi connectivity index (χ0) is 19.7. The van der Waals surface area contributed by atoms with Crippen LogP contribution in [0.25, 0.3) is 0 Å². The highest BCUT2D eigenvalue weighted by molar-refractivity contribution is 7.07. The monoisotopic (exact) mass is 397 g/mol. The molecule has 28 heavy (non-hydrogen) atoms. The molecule has 0 N–H and O–H groups in total. The van der Waals surface area contributed by atoms with Crippen LogP contribution in [0.3, 0.4) is 0 Å². The number of likely N-dealkylation sites (tertiary alicyclic amines) is 1. The Morgan fingerprint density at radius 3 is 2.89 bits per heavy atom. The van der Waals surface area contributed by atoms with E-state index in [1.807, 2.05) is 35.8 Å². The smallest absolute Gasteiger partial charge is 0.255 e. The number of aryl methyl sites for hydroxylation is 1. The second kappa shape index (κ2) is 7.91. The van der Waals surface area contributed by atoms with Crippen LogP contribution in [0.15, 0.2) is 29.4 Å². The molecule has 0 unspecified atom stereocenters. The van der Waals surface area contributed by atoms with Crippen molar-refractivity contribution < 1.29 is 4.79 Å². The predicted octanol–water partition coefficient (Wildman–Crippen LogP) is 3.85. The molecule has 1 aliphatic heterocycles. The van der Waals surface area contributed by atoms with E-state index < -0.39 is 0 Å². The summed E-state index contributed by atoms with van der Waals surface area (Å²) in [5.74, 6) is 1.47. The van der Waals surface area contributed by atoms with Crippen LogP contribution < -0.4 is 0 Å². The molecule has 0 spiro atoms. The summed E-state index contributed by atoms with van der Waals surface area (Å²) in [7, 11) is 0. The number of aromatic nitrogens is 4. The minimum absolute atomic E-state index is 0.148. The van der Waals surface area contributed by atoms with E-state index in [0.29, 0.717) is 0 Å². The molecule has 3 aromatic rings. The maximum absolute atomic E-state index is 13.2. The van der Waals surface area contributed by atoms with E-state index in [2.05, 4.69) is 38.3 Å². The largest absolute Gasteiger partial charge is 0.349 e. The Balaban J connectivity index is 1.52. The van der Waals surface area contributed by atoms with Crippen molar-refractivity contribution in [3.8, 4) is 0 Å². The number of carbonyl (C=O) groups excluding carboxylic acids is 1. The van der Waals surface area contributed by atoms with Crippen molar-refractivity contribution in [2.45, 2.75) is 52.6 Å². The molecule has 3 aromatic heterocycles. The topological polar surface area (TPSA) is 56.0 Å². The number of piperidine rings is 1. The van der Waals surface area contributed by atoms with Crippen molar-refractivity contribution in [2.24, 2.45) is 0 Å². The lowest BCUT2D eigenvalue weighted by Crippen LogP contribution is -2.40. The summed E-state index contributed by atoms with van der Waals surface area (Å²) in [5.41, 5.74) is 5.97. The van der Waals surface area contributed by atoms with Gasteiger partial charge in [0.2, 0.25) is 0 Å². The van der Waals surface area contributed by atoms with Crippen molar-refractivity contribution in [3.05, 3.63) is 57.8 Å². The van der Waals surface area contributed by atoms with Crippen LogP contribution >= 0.6 is 11.3 Å². The molecule has 0 aliphatic carbocycles. The number of amides is 1. The molecule has 7 heteroatoms. The van der Waals surface area contributed by atoms with Crippen LogP contribution in [0.2, 0.25) is 0 Å². The first-order valence-corrected chi connectivity index (χ1v) is 10.9. The van der Waals surface area contributed by atoms with Crippen molar-refractivity contribution >= 4 is 17.2 Å². The number of hydrogen-bond acceptors (Lipinski definition) is 4. The van der Waals surface area contributed by atoms with Gasteiger partial charge in [0.25, 0.3) is 5.91 Å². The molecule has 0 aromatic carbocycles. The van der Waals surface area contributed by atoms with Gasteiger partial charge in [0.15, 0.2) is 0 Å². The van der Waals surface area contributed by atoms with Crippen LogP contribution in [-0.2, 0) is 13.1 Å². The molecule has 0 saturated carbocycles. The summed E-state index contributed by atoms with van der Waals surface area (Å²) in [6, 6.07) is 2.04. The van der Waals surface area contributed by atoms with Gasteiger partial charge in [0.1, 0.15) is 5.82 Å². The Morgan fingerprint density at radius 1 is 1.32 bits per heavy atom. The lowest BCUT2D eigenvalue weighted by molar-refractivity contribution is 0.0702. The van der Waals surface area contributed by atoms with Crippen LogP contribution in [0.1, 0.15) is 58.9 Å². The molecular formula is C21H27N5OS. The molecule has 1 amide bonds. The normalized spacial score (nSPS) is 17.2. The van der Waals surface area contributed by atoms with Gasteiger partial charge < -0.3 is 14.0 Å². The Bertz CT molecular complexity index is 956. The maximum Gasteiger partial charge on any atom is 0.255 e. The number of thiazole rings is 1. The fourth-order valence-corrected chi connectivity index (χ4v) is 4.90. The number of hydrogen-bond donors (Lipinski definition) is 0. The predicted molar refractivity (Wildman–Crippen MR) is 111 cm³/mol. The van der Waals surface area contributed by atoms with Gasteiger partial charge in [0, 0.05) is 54.7 Å². The number of rotatable bonds is 5. The average Bonchev–Trinajstić information content (AvgIpc) is 3.43. The van der Waals surface area contributed by atoms with Gasteiger partial charge >= 0.3 is 0 Å². The fraction of sp³-hybridized carbons (Fsp3) is 0.476. The molecule has 1 saturated heterocycles. The number of carbonyl (C=O) groups is 1. The number of nitrogens with zero attached hydrogens (tertiary/aromatic N) is 5. The first-order valence-electron chi connectivity index (χ1n) is 9.92. The zero-order valence-corrected chi connectivity index (χ0v) is 17.6. The van der Waals surface area contributed by atoms with E-state index >= 15 is 0 Å². The maximum atomic E-state index is 13.2. The Hall–Kier alpha value is -2.41. The molecule has 4 rings (SSSR count). The van der Waals surface area contributed by atoms with Gasteiger partial charge in [-0.05, 0) is 39.7 Å². The van der Waals surface area contributed by atoms with E-state index in [-0.39, 0.29) is 11.8 Å². The highest BCUT2D eigenvalue weighted by Gasteiger charge is 2.29. The zero-order valence-electron chi connectivity index (χ0n) is 16.8. The molecular weight excluding hydrogens is 370 g/mol. The van der Waals surface area contributed by atoms with E-state index in [4.69, 9.17) is 0 Å². The van der Waals surface area contributed by atoms with E-state index in [0.717, 1.165) is 67.5 Å². The molecule has 1 fully saturated rings. The van der Waals surface area contributed by atoms with Crippen molar-refractivity contribution in [1.29, 1.82) is 0 Å². The Labute approximate surface area is 169 Å². The van der Waals surface area contributed by atoms with Crippen LogP contribution in [-0.4, -0.2) is 43.0 Å². The standard InChI is InChI=1S/C21H27N5OS/c1-4-26-15(2)10-19(16(26)3)21(27)25-8-5-6-17(11-25)20-22-7-9-24(20)12-18-13-28-14-23-18/h7,9-10,13-14,17H,4-6,8,11-12H2,1-3H3/t17-/m0/s1. The third-order valence-electron chi connectivity index (χ3n) is 5.76. The molecule has 148 valence electrons. The van der Waals surface area contributed by atoms with Gasteiger partial charge in [-0.1, -0.05) is 0 Å². The fourth-order valence-electron chi connectivity index (χ4n) is 4.35. The van der Waals surface area contributed by atoms with Crippen LogP contribution in [0, 0.1) is 13.8 Å². The van der Waals surface area contributed by atoms with Crippen molar-refractivity contribution in [1.82, 2.24) is 24.0 Å². The molecule has 0 bridgehead atoms. The summed E-state index contributed by atoms with van der Waals surface area (Å²) in [4.78, 5) is 24.3. The third-order valence-corrected chi connectivity index (χ3v) is 6.39. The van der Waals surface area contributed by atoms with Crippen LogP contribution in [0.5, 0.6) is 0 Å². The molecule has 1 aliphatic rings. The van der Waals surface area contributed by atoms with Gasteiger partial charge in [0.05, 0.1) is 23.3 Å². The summed E-state index contributed by atoms with van der Waals surface area (Å²) < 4.78 is 4.38. The highest BCUT2D eigenvalue weighted by Crippen LogP contribution is 2.28. The lowest BCUT2D eigenvalue weighted by atomic mass is 9.96. The summed E-state index contributed by atoms with van der Waals surface area (Å²) in [6.07, 6.45) is 5.94. The minimum atomic E-state index is 0.148. The van der Waals surface area contributed by atoms with Gasteiger partial charge in [-0.25, -0.2) is 9.97 Å². The molecule has 4 heterocycles. The van der Waals surface area contributed by atoms with Crippen molar-refractivity contribution in [2.75, 3.05) is 13.1 Å². The minimum Gasteiger partial charge on any atom is -0.349 e. The summed E-state index contributed by atoms with van der Waals surface area (Å²) >= 11 is 1.61.